The van der Waals surface area contributed by atoms with E-state index < -0.39 is 23.5 Å². The van der Waals surface area contributed by atoms with E-state index in [1.807, 2.05) is 0 Å². The number of carbonyl (C=O) groups excluding carboxylic acids is 1. The molecule has 2 aromatic carbocycles. The fourth-order valence-electron chi connectivity index (χ4n) is 2.48. The Balaban J connectivity index is 1.58. The Morgan fingerprint density at radius 1 is 1.15 bits per heavy atom. The third kappa shape index (κ3) is 4.51. The van der Waals surface area contributed by atoms with Gasteiger partial charge in [-0.15, -0.1) is 0 Å². The summed E-state index contributed by atoms with van der Waals surface area (Å²) in [4.78, 5) is 23.7. The van der Waals surface area contributed by atoms with Crippen molar-refractivity contribution in [3.8, 4) is 0 Å². The number of oxazole rings is 1. The summed E-state index contributed by atoms with van der Waals surface area (Å²) in [6.07, 6.45) is -4.52. The second-order valence-electron chi connectivity index (χ2n) is 5.74. The first-order valence-corrected chi connectivity index (χ1v) is 8.22. The Morgan fingerprint density at radius 2 is 1.85 bits per heavy atom. The first kappa shape index (κ1) is 19.0. The predicted octanol–water partition coefficient (Wildman–Crippen LogP) is 4.40. The molecule has 27 heavy (non-hydrogen) atoms. The van der Waals surface area contributed by atoms with Gasteiger partial charge in [-0.05, 0) is 29.8 Å². The molecule has 0 saturated carbocycles. The van der Waals surface area contributed by atoms with E-state index in [-0.39, 0.29) is 19.6 Å². The summed E-state index contributed by atoms with van der Waals surface area (Å²) < 4.78 is 48.9. The highest BCUT2D eigenvalue weighted by atomic mass is 35.5. The molecule has 0 fully saturated rings. The average Bonchev–Trinajstić information content (AvgIpc) is 2.92. The number of halogens is 4. The van der Waals surface area contributed by atoms with Gasteiger partial charge >= 0.3 is 17.9 Å². The first-order chi connectivity index (χ1) is 12.7. The molecule has 0 bridgehead atoms. The van der Waals surface area contributed by atoms with E-state index in [0.717, 1.165) is 12.1 Å². The van der Waals surface area contributed by atoms with Crippen LogP contribution in [0.25, 0.3) is 11.1 Å². The van der Waals surface area contributed by atoms with Gasteiger partial charge in [0.25, 0.3) is 0 Å². The van der Waals surface area contributed by atoms with Gasteiger partial charge in [0.2, 0.25) is 0 Å². The van der Waals surface area contributed by atoms with Gasteiger partial charge in [-0.25, -0.2) is 4.79 Å². The zero-order valence-corrected chi connectivity index (χ0v) is 14.5. The molecular formula is C18H13ClF3NO4. The van der Waals surface area contributed by atoms with Crippen LogP contribution in [0.4, 0.5) is 13.2 Å². The molecule has 9 heteroatoms. The topological polar surface area (TPSA) is 61.4 Å². The molecular weight excluding hydrogens is 387 g/mol. The molecule has 5 nitrogen and oxygen atoms in total. The molecule has 0 amide bonds. The summed E-state index contributed by atoms with van der Waals surface area (Å²) in [6.45, 7) is -0.118. The van der Waals surface area contributed by atoms with Crippen LogP contribution >= 0.6 is 11.6 Å². The van der Waals surface area contributed by atoms with E-state index in [4.69, 9.17) is 20.8 Å². The number of ether oxygens (including phenoxy) is 1. The van der Waals surface area contributed by atoms with Gasteiger partial charge in [0, 0.05) is 17.6 Å². The van der Waals surface area contributed by atoms with E-state index in [2.05, 4.69) is 0 Å². The Morgan fingerprint density at radius 3 is 2.52 bits per heavy atom. The third-order valence-electron chi connectivity index (χ3n) is 3.85. The van der Waals surface area contributed by atoms with Crippen LogP contribution in [-0.4, -0.2) is 10.5 Å². The number of aromatic nitrogens is 1. The molecule has 142 valence electrons. The SMILES string of the molecule is O=C(CCn1c(=O)oc2cc(Cl)ccc21)OCc1ccc(C(F)(F)F)cc1. The van der Waals surface area contributed by atoms with Gasteiger partial charge in [0.1, 0.15) is 6.61 Å². The standard InChI is InChI=1S/C18H13ClF3NO4/c19-13-5-6-14-15(9-13)27-17(25)23(14)8-7-16(24)26-10-11-1-3-12(4-2-11)18(20,21)22/h1-6,9H,7-8,10H2. The van der Waals surface area contributed by atoms with Crippen molar-refractivity contribution >= 4 is 28.7 Å². The van der Waals surface area contributed by atoms with Gasteiger partial charge in [-0.2, -0.15) is 13.2 Å². The van der Waals surface area contributed by atoms with Crippen LogP contribution in [0.2, 0.25) is 5.02 Å². The van der Waals surface area contributed by atoms with Gasteiger partial charge in [-0.3, -0.25) is 9.36 Å². The zero-order chi connectivity index (χ0) is 19.6. The number of alkyl halides is 3. The maximum absolute atomic E-state index is 12.5. The molecule has 0 aliphatic rings. The van der Waals surface area contributed by atoms with E-state index in [9.17, 15) is 22.8 Å². The van der Waals surface area contributed by atoms with Crippen molar-refractivity contribution in [2.75, 3.05) is 0 Å². The molecule has 0 radical (unpaired) electrons. The molecule has 0 atom stereocenters. The van der Waals surface area contributed by atoms with Crippen molar-refractivity contribution in [3.05, 3.63) is 69.2 Å². The van der Waals surface area contributed by atoms with Gasteiger partial charge in [0.15, 0.2) is 5.58 Å². The van der Waals surface area contributed by atoms with E-state index in [1.165, 1.54) is 22.8 Å². The number of carbonyl (C=O) groups is 1. The predicted molar refractivity (Wildman–Crippen MR) is 91.3 cm³/mol. The Bertz CT molecular complexity index is 1020. The smallest absolute Gasteiger partial charge is 0.419 e. The van der Waals surface area contributed by atoms with Gasteiger partial charge in [-0.1, -0.05) is 23.7 Å². The van der Waals surface area contributed by atoms with Crippen molar-refractivity contribution in [2.24, 2.45) is 0 Å². The fraction of sp³-hybridized carbons (Fsp3) is 0.222. The summed E-state index contributed by atoms with van der Waals surface area (Å²) in [5.41, 5.74) is 0.464. The molecule has 3 aromatic rings. The molecule has 1 heterocycles. The van der Waals surface area contributed by atoms with Crippen LogP contribution in [0.3, 0.4) is 0 Å². The number of esters is 1. The summed E-state index contributed by atoms with van der Waals surface area (Å²) in [5, 5.41) is 0.416. The van der Waals surface area contributed by atoms with Crippen molar-refractivity contribution in [2.45, 2.75) is 25.7 Å². The number of benzene rings is 2. The lowest BCUT2D eigenvalue weighted by molar-refractivity contribution is -0.145. The molecule has 0 N–H and O–H groups in total. The van der Waals surface area contributed by atoms with Crippen molar-refractivity contribution < 1.29 is 27.1 Å². The summed E-state index contributed by atoms with van der Waals surface area (Å²) in [6, 6.07) is 9.03. The molecule has 0 spiro atoms. The number of aryl methyl sites for hydroxylation is 1. The van der Waals surface area contributed by atoms with Crippen LogP contribution in [0, 0.1) is 0 Å². The number of hydrogen-bond acceptors (Lipinski definition) is 4. The minimum Gasteiger partial charge on any atom is -0.461 e. The van der Waals surface area contributed by atoms with Crippen molar-refractivity contribution in [3.63, 3.8) is 0 Å². The maximum atomic E-state index is 12.5. The van der Waals surface area contributed by atoms with E-state index >= 15 is 0 Å². The Kier molecular flexibility index (Phi) is 5.27. The molecule has 0 saturated heterocycles. The normalized spacial score (nSPS) is 11.7. The lowest BCUT2D eigenvalue weighted by Gasteiger charge is -2.08. The fourth-order valence-corrected chi connectivity index (χ4v) is 2.64. The Hall–Kier alpha value is -2.74. The van der Waals surface area contributed by atoms with Crippen molar-refractivity contribution in [1.82, 2.24) is 4.57 Å². The number of hydrogen-bond donors (Lipinski definition) is 0. The number of fused-ring (bicyclic) bond motifs is 1. The number of nitrogens with zero attached hydrogens (tertiary/aromatic N) is 1. The number of rotatable bonds is 5. The molecule has 0 aliphatic heterocycles. The minimum absolute atomic E-state index is 0.0410. The van der Waals surface area contributed by atoms with Crippen LogP contribution in [0.1, 0.15) is 17.5 Å². The van der Waals surface area contributed by atoms with Crippen LogP contribution in [0.15, 0.2) is 51.7 Å². The molecule has 1 aromatic heterocycles. The van der Waals surface area contributed by atoms with Crippen LogP contribution in [0.5, 0.6) is 0 Å². The lowest BCUT2D eigenvalue weighted by Crippen LogP contribution is -2.17. The summed E-state index contributed by atoms with van der Waals surface area (Å²) in [7, 11) is 0. The quantitative estimate of drug-likeness (QED) is 0.597. The first-order valence-electron chi connectivity index (χ1n) is 7.85. The van der Waals surface area contributed by atoms with Crippen LogP contribution < -0.4 is 5.76 Å². The third-order valence-corrected chi connectivity index (χ3v) is 4.09. The van der Waals surface area contributed by atoms with Gasteiger partial charge in [0.05, 0.1) is 17.5 Å². The lowest BCUT2D eigenvalue weighted by atomic mass is 10.1. The second kappa shape index (κ2) is 7.48. The molecule has 3 rings (SSSR count). The summed E-state index contributed by atoms with van der Waals surface area (Å²) in [5.74, 6) is -1.21. The van der Waals surface area contributed by atoms with Crippen LogP contribution in [-0.2, 0) is 28.9 Å². The Labute approximate surface area is 155 Å². The van der Waals surface area contributed by atoms with Crippen molar-refractivity contribution in [1.29, 1.82) is 0 Å². The van der Waals surface area contributed by atoms with E-state index in [1.54, 1.807) is 12.1 Å². The second-order valence-corrected chi connectivity index (χ2v) is 6.17. The maximum Gasteiger partial charge on any atom is 0.419 e. The largest absolute Gasteiger partial charge is 0.461 e. The highest BCUT2D eigenvalue weighted by molar-refractivity contribution is 6.31. The average molecular weight is 400 g/mol. The van der Waals surface area contributed by atoms with Gasteiger partial charge < -0.3 is 9.15 Å². The monoisotopic (exact) mass is 399 g/mol. The van der Waals surface area contributed by atoms with E-state index in [0.29, 0.717) is 21.7 Å². The molecule has 0 unspecified atom stereocenters. The highest BCUT2D eigenvalue weighted by Gasteiger charge is 2.29. The zero-order valence-electron chi connectivity index (χ0n) is 13.8. The highest BCUT2D eigenvalue weighted by Crippen LogP contribution is 2.29. The summed E-state index contributed by atoms with van der Waals surface area (Å²) >= 11 is 5.83. The molecule has 0 aliphatic carbocycles. The minimum atomic E-state index is -4.42.